The lowest BCUT2D eigenvalue weighted by molar-refractivity contribution is 0.458. The van der Waals surface area contributed by atoms with Gasteiger partial charge in [-0.3, -0.25) is 4.99 Å². The molecule has 3 rings (SSSR count). The number of thiophene rings is 1. The topological polar surface area (TPSA) is 51.7 Å². The quantitative estimate of drug-likeness (QED) is 0.279. The van der Waals surface area contributed by atoms with Gasteiger partial charge in [-0.1, -0.05) is 32.0 Å². The second kappa shape index (κ2) is 12.3. The van der Waals surface area contributed by atoms with E-state index in [1.807, 2.05) is 24.5 Å². The fourth-order valence-electron chi connectivity index (χ4n) is 3.49. The molecule has 5 nitrogen and oxygen atoms in total. The lowest BCUT2D eigenvalue weighted by atomic mass is 10.0. The summed E-state index contributed by atoms with van der Waals surface area (Å²) in [6, 6.07) is 15.6. The Morgan fingerprint density at radius 2 is 1.86 bits per heavy atom. The van der Waals surface area contributed by atoms with Gasteiger partial charge in [-0.05, 0) is 48.4 Å². The zero-order valence-electron chi connectivity index (χ0n) is 17.6. The van der Waals surface area contributed by atoms with Gasteiger partial charge >= 0.3 is 0 Å². The molecule has 2 heterocycles. The molecule has 3 N–H and O–H groups in total. The number of nitrogens with zero attached hydrogens (tertiary/aromatic N) is 2. The van der Waals surface area contributed by atoms with Gasteiger partial charge in [0.2, 0.25) is 0 Å². The first-order chi connectivity index (χ1) is 13.7. The van der Waals surface area contributed by atoms with Gasteiger partial charge in [-0.2, -0.15) is 0 Å². The molecule has 1 aliphatic rings. The zero-order chi connectivity index (χ0) is 19.8. The third kappa shape index (κ3) is 7.37. The van der Waals surface area contributed by atoms with Crippen molar-refractivity contribution in [2.75, 3.05) is 36.9 Å². The highest BCUT2D eigenvalue weighted by molar-refractivity contribution is 14.0. The highest BCUT2D eigenvalue weighted by Crippen LogP contribution is 2.24. The summed E-state index contributed by atoms with van der Waals surface area (Å²) < 4.78 is 0. The molecule has 1 aromatic heterocycles. The van der Waals surface area contributed by atoms with E-state index < -0.39 is 0 Å². The third-order valence-electron chi connectivity index (χ3n) is 5.30. The normalized spacial score (nSPS) is 16.3. The van der Waals surface area contributed by atoms with Crippen LogP contribution in [0.3, 0.4) is 0 Å². The number of piperidine rings is 1. The minimum atomic E-state index is 0. The molecule has 1 fully saturated rings. The minimum Gasteiger partial charge on any atom is -0.380 e. The molecular weight excluding hydrogens is 493 g/mol. The van der Waals surface area contributed by atoms with Crippen molar-refractivity contribution in [3.63, 3.8) is 0 Å². The van der Waals surface area contributed by atoms with Crippen molar-refractivity contribution in [2.24, 2.45) is 10.9 Å². The molecule has 0 aliphatic carbocycles. The molecule has 1 atom stereocenters. The Balaban J connectivity index is 0.00000300. The van der Waals surface area contributed by atoms with Crippen molar-refractivity contribution in [1.29, 1.82) is 0 Å². The Kier molecular flexibility index (Phi) is 10.1. The largest absolute Gasteiger partial charge is 0.380 e. The second-order valence-corrected chi connectivity index (χ2v) is 8.60. The number of para-hydroxylation sites is 1. The summed E-state index contributed by atoms with van der Waals surface area (Å²) in [5, 5.41) is 14.3. The van der Waals surface area contributed by atoms with Gasteiger partial charge in [0.1, 0.15) is 0 Å². The molecule has 1 aliphatic heterocycles. The molecular formula is C22H34IN5S. The number of aliphatic imine (C=N–C) groups is 1. The minimum absolute atomic E-state index is 0. The first-order valence-electron chi connectivity index (χ1n) is 10.2. The number of hydrogen-bond acceptors (Lipinski definition) is 4. The van der Waals surface area contributed by atoms with Crippen molar-refractivity contribution in [3.8, 4) is 0 Å². The Morgan fingerprint density at radius 3 is 2.45 bits per heavy atom. The first kappa shape index (κ1) is 23.8. The molecule has 0 saturated carbocycles. The summed E-state index contributed by atoms with van der Waals surface area (Å²) in [6.07, 6.45) is 2.27. The highest BCUT2D eigenvalue weighted by Gasteiger charge is 2.21. The van der Waals surface area contributed by atoms with Gasteiger partial charge in [0.25, 0.3) is 0 Å². The van der Waals surface area contributed by atoms with Crippen LogP contribution in [0, 0.1) is 5.92 Å². The van der Waals surface area contributed by atoms with Crippen LogP contribution in [0.15, 0.2) is 52.8 Å². The molecule has 160 valence electrons. The molecule has 1 aromatic carbocycles. The maximum atomic E-state index is 4.44. The van der Waals surface area contributed by atoms with Crippen LogP contribution in [0.1, 0.15) is 26.7 Å². The van der Waals surface area contributed by atoms with Crippen LogP contribution >= 0.6 is 35.3 Å². The van der Waals surface area contributed by atoms with E-state index in [1.54, 1.807) is 0 Å². The number of benzene rings is 1. The molecule has 1 saturated heterocycles. The second-order valence-electron chi connectivity index (χ2n) is 7.67. The van der Waals surface area contributed by atoms with Crippen molar-refractivity contribution < 1.29 is 0 Å². The van der Waals surface area contributed by atoms with Crippen molar-refractivity contribution in [1.82, 2.24) is 10.6 Å². The maximum Gasteiger partial charge on any atom is 0.191 e. The fourth-order valence-corrected chi connectivity index (χ4v) is 4.28. The van der Waals surface area contributed by atoms with Crippen molar-refractivity contribution in [2.45, 2.75) is 38.8 Å². The Morgan fingerprint density at radius 1 is 1.14 bits per heavy atom. The van der Waals surface area contributed by atoms with E-state index in [9.17, 15) is 0 Å². The van der Waals surface area contributed by atoms with Crippen LogP contribution < -0.4 is 20.9 Å². The van der Waals surface area contributed by atoms with E-state index in [0.29, 0.717) is 18.0 Å². The lowest BCUT2D eigenvalue weighted by Gasteiger charge is -2.34. The average Bonchev–Trinajstić information content (AvgIpc) is 3.26. The zero-order valence-corrected chi connectivity index (χ0v) is 20.7. The van der Waals surface area contributed by atoms with Gasteiger partial charge < -0.3 is 20.9 Å². The summed E-state index contributed by atoms with van der Waals surface area (Å²) in [5.74, 6) is 1.41. The molecule has 7 heteroatoms. The van der Waals surface area contributed by atoms with Crippen LogP contribution in [0.5, 0.6) is 0 Å². The van der Waals surface area contributed by atoms with Crippen molar-refractivity contribution >= 4 is 52.0 Å². The van der Waals surface area contributed by atoms with Gasteiger partial charge in [0.15, 0.2) is 5.96 Å². The predicted molar refractivity (Wildman–Crippen MR) is 138 cm³/mol. The molecule has 2 aromatic rings. The molecule has 0 amide bonds. The fraction of sp³-hybridized carbons (Fsp3) is 0.500. The Bertz CT molecular complexity index is 712. The van der Waals surface area contributed by atoms with Crippen LogP contribution in [0.2, 0.25) is 0 Å². The van der Waals surface area contributed by atoms with Gasteiger partial charge in [0.05, 0.1) is 5.00 Å². The average molecular weight is 528 g/mol. The number of halogens is 1. The number of nitrogens with one attached hydrogen (secondary N) is 3. The number of hydrogen-bond donors (Lipinski definition) is 3. The van der Waals surface area contributed by atoms with Gasteiger partial charge in [-0.15, -0.1) is 35.3 Å². The molecule has 0 bridgehead atoms. The number of rotatable bonds is 7. The van der Waals surface area contributed by atoms with E-state index in [4.69, 9.17) is 0 Å². The van der Waals surface area contributed by atoms with E-state index in [0.717, 1.165) is 44.1 Å². The molecule has 29 heavy (non-hydrogen) atoms. The van der Waals surface area contributed by atoms with Gasteiger partial charge in [-0.25, -0.2) is 0 Å². The summed E-state index contributed by atoms with van der Waals surface area (Å²) in [7, 11) is 1.85. The van der Waals surface area contributed by atoms with Crippen LogP contribution in [-0.4, -0.2) is 44.7 Å². The lowest BCUT2D eigenvalue weighted by Crippen LogP contribution is -2.51. The monoisotopic (exact) mass is 527 g/mol. The SMILES string of the molecule is CN=C(NCC(Nc1ccccc1)C(C)C)NC1CCN(c2cccs2)CC1.I. The summed E-state index contributed by atoms with van der Waals surface area (Å²) in [6.45, 7) is 7.52. The Labute approximate surface area is 196 Å². The maximum absolute atomic E-state index is 4.44. The molecule has 0 radical (unpaired) electrons. The van der Waals surface area contributed by atoms with Crippen LogP contribution in [0.25, 0.3) is 0 Å². The number of anilines is 2. The molecule has 0 spiro atoms. The Hall–Kier alpha value is -1.48. The summed E-state index contributed by atoms with van der Waals surface area (Å²) >= 11 is 1.83. The predicted octanol–water partition coefficient (Wildman–Crippen LogP) is 4.64. The van der Waals surface area contributed by atoms with E-state index in [-0.39, 0.29) is 24.0 Å². The van der Waals surface area contributed by atoms with Crippen LogP contribution in [0.4, 0.5) is 10.7 Å². The summed E-state index contributed by atoms with van der Waals surface area (Å²) in [4.78, 5) is 6.93. The number of guanidine groups is 1. The van der Waals surface area contributed by atoms with E-state index in [2.05, 4.69) is 81.5 Å². The highest BCUT2D eigenvalue weighted by atomic mass is 127. The van der Waals surface area contributed by atoms with E-state index in [1.165, 1.54) is 5.00 Å². The van der Waals surface area contributed by atoms with Gasteiger partial charge in [0, 0.05) is 44.5 Å². The standard InChI is InChI=1S/C22H33N5S.HI/c1-17(2)20(25-18-8-5-4-6-9-18)16-24-22(23-3)26-19-11-13-27(14-12-19)21-10-7-15-28-21;/h4-10,15,17,19-20,25H,11-14,16H2,1-3H3,(H2,23,24,26);1H. The third-order valence-corrected chi connectivity index (χ3v) is 6.23. The van der Waals surface area contributed by atoms with E-state index >= 15 is 0 Å². The molecule has 1 unspecified atom stereocenters. The van der Waals surface area contributed by atoms with Crippen molar-refractivity contribution in [3.05, 3.63) is 47.8 Å². The smallest absolute Gasteiger partial charge is 0.191 e. The van der Waals surface area contributed by atoms with Crippen LogP contribution in [-0.2, 0) is 0 Å². The first-order valence-corrected chi connectivity index (χ1v) is 11.1. The summed E-state index contributed by atoms with van der Waals surface area (Å²) in [5.41, 5.74) is 1.16.